The molecular weight excluding hydrogens is 240 g/mol. The summed E-state index contributed by atoms with van der Waals surface area (Å²) in [4.78, 5) is 0. The zero-order chi connectivity index (χ0) is 13.7. The first-order valence-corrected chi connectivity index (χ1v) is 5.71. The molecule has 0 bridgehead atoms. The van der Waals surface area contributed by atoms with Crippen LogP contribution in [0.25, 0.3) is 12.2 Å². The number of benzene rings is 2. The average Bonchev–Trinajstić information content (AvgIpc) is 2.45. The Morgan fingerprint density at radius 3 is 2.47 bits per heavy atom. The summed E-state index contributed by atoms with van der Waals surface area (Å²) >= 11 is 0. The van der Waals surface area contributed by atoms with Gasteiger partial charge >= 0.3 is 0 Å². The van der Waals surface area contributed by atoms with Gasteiger partial charge in [-0.05, 0) is 17.2 Å². The molecule has 19 heavy (non-hydrogen) atoms. The van der Waals surface area contributed by atoms with Crippen LogP contribution in [0.15, 0.2) is 48.5 Å². The van der Waals surface area contributed by atoms with Gasteiger partial charge in [0.2, 0.25) is 0 Å². The van der Waals surface area contributed by atoms with Gasteiger partial charge in [-0.2, -0.15) is 10.5 Å². The quantitative estimate of drug-likeness (QED) is 0.649. The molecule has 0 aromatic heterocycles. The first-order valence-electron chi connectivity index (χ1n) is 5.71. The number of rotatable bonds is 3. The van der Waals surface area contributed by atoms with Crippen molar-refractivity contribution in [3.63, 3.8) is 0 Å². The van der Waals surface area contributed by atoms with Crippen LogP contribution < -0.4 is 5.23 Å². The van der Waals surface area contributed by atoms with Crippen LogP contribution >= 0.6 is 0 Å². The van der Waals surface area contributed by atoms with Crippen molar-refractivity contribution in [3.8, 4) is 6.07 Å². The SMILES string of the molecule is N#Cc1cc([NH+]([O-])O)ccc1C=Cc1ccccc1. The van der Waals surface area contributed by atoms with Gasteiger partial charge in [-0.1, -0.05) is 42.5 Å². The molecule has 0 heterocycles. The van der Waals surface area contributed by atoms with Crippen LogP contribution in [-0.4, -0.2) is 5.21 Å². The van der Waals surface area contributed by atoms with Gasteiger partial charge in [0, 0.05) is 12.1 Å². The molecule has 0 saturated carbocycles. The minimum absolute atomic E-state index is 0.119. The third-order valence-electron chi connectivity index (χ3n) is 2.68. The van der Waals surface area contributed by atoms with Gasteiger partial charge < -0.3 is 5.21 Å². The Hall–Kier alpha value is -2.45. The van der Waals surface area contributed by atoms with Crippen LogP contribution in [0, 0.1) is 16.5 Å². The van der Waals surface area contributed by atoms with Gasteiger partial charge in [-0.25, -0.2) is 5.21 Å². The lowest BCUT2D eigenvalue weighted by atomic mass is 10.1. The van der Waals surface area contributed by atoms with Crippen molar-refractivity contribution in [2.24, 2.45) is 0 Å². The first kappa shape index (κ1) is 13.0. The Morgan fingerprint density at radius 2 is 1.84 bits per heavy atom. The van der Waals surface area contributed by atoms with E-state index in [-0.39, 0.29) is 5.69 Å². The topological polar surface area (TPSA) is 71.5 Å². The lowest BCUT2D eigenvalue weighted by Gasteiger charge is -2.11. The third kappa shape index (κ3) is 3.27. The predicted octanol–water partition coefficient (Wildman–Crippen LogP) is 2.13. The van der Waals surface area contributed by atoms with Crippen LogP contribution in [0.1, 0.15) is 16.7 Å². The molecule has 0 aliphatic heterocycles. The lowest BCUT2D eigenvalue weighted by Crippen LogP contribution is -2.99. The minimum atomic E-state index is -1.03. The van der Waals surface area contributed by atoms with E-state index in [0.29, 0.717) is 11.1 Å². The maximum Gasteiger partial charge on any atom is 0.165 e. The van der Waals surface area contributed by atoms with Crippen LogP contribution in [0.5, 0.6) is 0 Å². The van der Waals surface area contributed by atoms with Crippen molar-refractivity contribution < 1.29 is 10.4 Å². The van der Waals surface area contributed by atoms with E-state index in [9.17, 15) is 5.21 Å². The van der Waals surface area contributed by atoms with E-state index in [0.717, 1.165) is 5.56 Å². The first-order chi connectivity index (χ1) is 9.20. The maximum atomic E-state index is 10.8. The summed E-state index contributed by atoms with van der Waals surface area (Å²) < 4.78 is 0. The summed E-state index contributed by atoms with van der Waals surface area (Å²) in [5.41, 5.74) is 2.20. The van der Waals surface area contributed by atoms with Crippen molar-refractivity contribution >= 4 is 17.8 Å². The molecule has 0 aliphatic carbocycles. The molecule has 2 N–H and O–H groups in total. The highest BCUT2D eigenvalue weighted by Gasteiger charge is 2.05. The summed E-state index contributed by atoms with van der Waals surface area (Å²) in [7, 11) is 0. The zero-order valence-electron chi connectivity index (χ0n) is 10.1. The normalized spacial score (nSPS) is 12.3. The number of nitrogens with one attached hydrogen (secondary N) is 1. The van der Waals surface area contributed by atoms with Crippen molar-refractivity contribution in [2.75, 3.05) is 0 Å². The molecule has 0 spiro atoms. The fourth-order valence-electron chi connectivity index (χ4n) is 1.68. The van der Waals surface area contributed by atoms with Gasteiger partial charge in [-0.15, -0.1) is 0 Å². The number of nitrogens with zero attached hydrogens (tertiary/aromatic N) is 1. The van der Waals surface area contributed by atoms with E-state index in [1.165, 1.54) is 12.1 Å². The molecule has 4 nitrogen and oxygen atoms in total. The zero-order valence-corrected chi connectivity index (χ0v) is 10.1. The molecule has 94 valence electrons. The second-order valence-electron chi connectivity index (χ2n) is 3.96. The molecule has 1 atom stereocenters. The molecule has 0 radical (unpaired) electrons. The van der Waals surface area contributed by atoms with E-state index in [2.05, 4.69) is 0 Å². The van der Waals surface area contributed by atoms with Crippen molar-refractivity contribution in [1.29, 1.82) is 5.26 Å². The molecule has 0 fully saturated rings. The highest BCUT2D eigenvalue weighted by molar-refractivity contribution is 5.73. The summed E-state index contributed by atoms with van der Waals surface area (Å²) in [5.74, 6) is 0. The van der Waals surface area contributed by atoms with Crippen molar-refractivity contribution in [3.05, 3.63) is 70.4 Å². The summed E-state index contributed by atoms with van der Waals surface area (Å²) in [6.45, 7) is 0. The summed E-state index contributed by atoms with van der Waals surface area (Å²) in [6, 6.07) is 16.2. The molecule has 0 amide bonds. The Balaban J connectivity index is 2.31. The number of nitriles is 1. The monoisotopic (exact) mass is 252 g/mol. The molecular formula is C15H12N2O2. The summed E-state index contributed by atoms with van der Waals surface area (Å²) in [6.07, 6.45) is 3.69. The van der Waals surface area contributed by atoms with E-state index >= 15 is 0 Å². The second-order valence-corrected chi connectivity index (χ2v) is 3.96. The van der Waals surface area contributed by atoms with Gasteiger partial charge in [0.25, 0.3) is 0 Å². The van der Waals surface area contributed by atoms with Gasteiger partial charge in [0.1, 0.15) is 0 Å². The molecule has 2 rings (SSSR count). The van der Waals surface area contributed by atoms with E-state index in [1.807, 2.05) is 42.5 Å². The molecule has 0 aliphatic rings. The number of quaternary nitrogens is 1. The van der Waals surface area contributed by atoms with Crippen LogP contribution in [0.2, 0.25) is 0 Å². The number of hydrogen-bond donors (Lipinski definition) is 2. The molecule has 0 saturated heterocycles. The van der Waals surface area contributed by atoms with Crippen LogP contribution in [0.4, 0.5) is 5.69 Å². The highest BCUT2D eigenvalue weighted by Crippen LogP contribution is 2.15. The average molecular weight is 252 g/mol. The van der Waals surface area contributed by atoms with E-state index < -0.39 is 5.23 Å². The van der Waals surface area contributed by atoms with Gasteiger partial charge in [0.05, 0.1) is 11.6 Å². The highest BCUT2D eigenvalue weighted by atomic mass is 16.8. The molecule has 1 unspecified atom stereocenters. The minimum Gasteiger partial charge on any atom is -0.595 e. The molecule has 4 heteroatoms. The van der Waals surface area contributed by atoms with Gasteiger partial charge in [-0.3, -0.25) is 0 Å². The van der Waals surface area contributed by atoms with E-state index in [4.69, 9.17) is 10.5 Å². The second kappa shape index (κ2) is 5.94. The lowest BCUT2D eigenvalue weighted by molar-refractivity contribution is -0.991. The van der Waals surface area contributed by atoms with Crippen LogP contribution in [-0.2, 0) is 0 Å². The largest absolute Gasteiger partial charge is 0.595 e. The Morgan fingerprint density at radius 1 is 1.11 bits per heavy atom. The van der Waals surface area contributed by atoms with Gasteiger partial charge in [0.15, 0.2) is 5.69 Å². The smallest absolute Gasteiger partial charge is 0.165 e. The molecule has 2 aromatic carbocycles. The van der Waals surface area contributed by atoms with Crippen LogP contribution in [0.3, 0.4) is 0 Å². The van der Waals surface area contributed by atoms with Crippen molar-refractivity contribution in [2.45, 2.75) is 0 Å². The fraction of sp³-hybridized carbons (Fsp3) is 0. The van der Waals surface area contributed by atoms with E-state index in [1.54, 1.807) is 12.1 Å². The maximum absolute atomic E-state index is 10.8. The Labute approximate surface area is 111 Å². The standard InChI is InChI=1S/C15H12N2O2/c16-11-14-10-15(17(18)19)9-8-13(14)7-6-12-4-2-1-3-5-12/h1-10,17-18H. The Kier molecular flexibility index (Phi) is 4.06. The third-order valence-corrected chi connectivity index (χ3v) is 2.68. The fourth-order valence-corrected chi connectivity index (χ4v) is 1.68. The van der Waals surface area contributed by atoms with Crippen molar-refractivity contribution in [1.82, 2.24) is 0 Å². The summed E-state index contributed by atoms with van der Waals surface area (Å²) in [5, 5.41) is 27.7. The molecule has 2 aromatic rings. The Bertz CT molecular complexity index is 628. The number of hydrogen-bond acceptors (Lipinski definition) is 3. The predicted molar refractivity (Wildman–Crippen MR) is 72.3 cm³/mol.